The van der Waals surface area contributed by atoms with Crippen molar-refractivity contribution in [1.29, 1.82) is 0 Å². The van der Waals surface area contributed by atoms with Gasteiger partial charge in [0.1, 0.15) is 0 Å². The molecule has 5 nitrogen and oxygen atoms in total. The lowest BCUT2D eigenvalue weighted by Gasteiger charge is -2.15. The van der Waals surface area contributed by atoms with Crippen molar-refractivity contribution in [1.82, 2.24) is 0 Å². The van der Waals surface area contributed by atoms with E-state index in [1.54, 1.807) is 0 Å². The maximum Gasteiger partial charge on any atom is 0.351 e. The molecular weight excluding hydrogens is 232 g/mol. The number of benzene rings is 1. The first-order valence-electron chi connectivity index (χ1n) is 5.68. The summed E-state index contributed by atoms with van der Waals surface area (Å²) in [5, 5.41) is 12.9. The van der Waals surface area contributed by atoms with Crippen LogP contribution in [0.25, 0.3) is 0 Å². The van der Waals surface area contributed by atoms with E-state index < -0.39 is 11.6 Å². The molecule has 0 bridgehead atoms. The van der Waals surface area contributed by atoms with Gasteiger partial charge in [0.25, 0.3) is 0 Å². The Morgan fingerprint density at radius 2 is 2.00 bits per heavy atom. The van der Waals surface area contributed by atoms with Gasteiger partial charge in [0, 0.05) is 26.2 Å². The maximum absolute atomic E-state index is 11.0. The van der Waals surface area contributed by atoms with Crippen molar-refractivity contribution in [3.05, 3.63) is 29.8 Å². The second-order valence-corrected chi connectivity index (χ2v) is 4.78. The Kier molecular flexibility index (Phi) is 2.98. The molecular formula is C13H16N2O3. The summed E-state index contributed by atoms with van der Waals surface area (Å²) >= 11 is 0. The minimum absolute atomic E-state index is 0.281. The van der Waals surface area contributed by atoms with E-state index in [4.69, 9.17) is 9.94 Å². The Bertz CT molecular complexity index is 493. The Labute approximate surface area is 106 Å². The molecule has 5 heteroatoms. The molecule has 0 fully saturated rings. The Morgan fingerprint density at radius 1 is 1.39 bits per heavy atom. The largest absolute Gasteiger partial charge is 0.478 e. The van der Waals surface area contributed by atoms with Crippen LogP contribution < -0.4 is 4.90 Å². The van der Waals surface area contributed by atoms with E-state index in [-0.39, 0.29) is 6.42 Å². The van der Waals surface area contributed by atoms with Gasteiger partial charge in [0.05, 0.1) is 5.71 Å². The number of nitrogens with zero attached hydrogens (tertiary/aromatic N) is 2. The van der Waals surface area contributed by atoms with Gasteiger partial charge < -0.3 is 14.8 Å². The Morgan fingerprint density at radius 3 is 2.44 bits per heavy atom. The molecule has 0 radical (unpaired) electrons. The fourth-order valence-corrected chi connectivity index (χ4v) is 1.76. The number of aliphatic carboxylic acids is 1. The third-order valence-electron chi connectivity index (χ3n) is 3.03. The van der Waals surface area contributed by atoms with Crippen molar-refractivity contribution in [2.75, 3.05) is 19.0 Å². The summed E-state index contributed by atoms with van der Waals surface area (Å²) in [6.07, 6.45) is 0.281. The molecule has 0 spiro atoms. The Balaban J connectivity index is 2.17. The Hall–Kier alpha value is -2.04. The average molecular weight is 248 g/mol. The third kappa shape index (κ3) is 2.16. The van der Waals surface area contributed by atoms with E-state index in [0.717, 1.165) is 11.3 Å². The molecule has 18 heavy (non-hydrogen) atoms. The molecule has 0 aliphatic carbocycles. The summed E-state index contributed by atoms with van der Waals surface area (Å²) in [5.41, 5.74) is 1.41. The highest BCUT2D eigenvalue weighted by atomic mass is 16.7. The topological polar surface area (TPSA) is 62.1 Å². The number of anilines is 1. The average Bonchev–Trinajstić information content (AvgIpc) is 2.73. The smallest absolute Gasteiger partial charge is 0.351 e. The zero-order valence-electron chi connectivity index (χ0n) is 10.7. The van der Waals surface area contributed by atoms with Crippen LogP contribution in [-0.2, 0) is 9.63 Å². The number of hydrogen-bond acceptors (Lipinski definition) is 4. The quantitative estimate of drug-likeness (QED) is 0.884. The third-order valence-corrected chi connectivity index (χ3v) is 3.03. The van der Waals surface area contributed by atoms with E-state index >= 15 is 0 Å². The van der Waals surface area contributed by atoms with Gasteiger partial charge in [0.15, 0.2) is 0 Å². The molecule has 1 aliphatic heterocycles. The molecule has 0 amide bonds. The molecule has 1 heterocycles. The lowest BCUT2D eigenvalue weighted by Crippen LogP contribution is -2.35. The predicted octanol–water partition coefficient (Wildman–Crippen LogP) is 1.72. The van der Waals surface area contributed by atoms with E-state index in [9.17, 15) is 4.79 Å². The number of carboxylic acids is 1. The second-order valence-electron chi connectivity index (χ2n) is 4.78. The lowest BCUT2D eigenvalue weighted by molar-refractivity contribution is -0.160. The van der Waals surface area contributed by atoms with E-state index in [1.165, 1.54) is 6.92 Å². The number of hydrogen-bond donors (Lipinski definition) is 1. The van der Waals surface area contributed by atoms with Crippen molar-refractivity contribution in [2.24, 2.45) is 5.16 Å². The minimum atomic E-state index is -1.24. The van der Waals surface area contributed by atoms with Crippen molar-refractivity contribution in [3.63, 3.8) is 0 Å². The first kappa shape index (κ1) is 12.4. The molecule has 1 atom stereocenters. The normalized spacial score (nSPS) is 22.3. The summed E-state index contributed by atoms with van der Waals surface area (Å²) in [7, 11) is 3.93. The lowest BCUT2D eigenvalue weighted by atomic mass is 9.96. The molecule has 0 saturated carbocycles. The molecule has 2 rings (SSSR count). The monoisotopic (exact) mass is 248 g/mol. The van der Waals surface area contributed by atoms with Crippen LogP contribution in [0.15, 0.2) is 29.4 Å². The molecule has 1 aromatic carbocycles. The van der Waals surface area contributed by atoms with Gasteiger partial charge in [-0.25, -0.2) is 4.79 Å². The van der Waals surface area contributed by atoms with Crippen molar-refractivity contribution >= 4 is 17.4 Å². The highest BCUT2D eigenvalue weighted by Crippen LogP contribution is 2.27. The van der Waals surface area contributed by atoms with Gasteiger partial charge in [-0.05, 0) is 24.6 Å². The number of rotatable bonds is 3. The van der Waals surface area contributed by atoms with Gasteiger partial charge in [0.2, 0.25) is 5.60 Å². The SMILES string of the molecule is CN(C)c1ccc(C2=NOC(C)(C(=O)O)C2)cc1. The van der Waals surface area contributed by atoms with E-state index in [2.05, 4.69) is 5.16 Å². The van der Waals surface area contributed by atoms with Crippen molar-refractivity contribution in [3.8, 4) is 0 Å². The van der Waals surface area contributed by atoms with Crippen LogP contribution in [0, 0.1) is 0 Å². The predicted molar refractivity (Wildman–Crippen MR) is 69.0 cm³/mol. The summed E-state index contributed by atoms with van der Waals surface area (Å²) < 4.78 is 0. The van der Waals surface area contributed by atoms with Crippen LogP contribution in [0.3, 0.4) is 0 Å². The van der Waals surface area contributed by atoms with E-state index in [1.807, 2.05) is 43.3 Å². The highest BCUT2D eigenvalue weighted by Gasteiger charge is 2.42. The number of carbonyl (C=O) groups is 1. The summed E-state index contributed by atoms with van der Waals surface area (Å²) in [4.78, 5) is 18.1. The fraction of sp³-hybridized carbons (Fsp3) is 0.385. The van der Waals surface area contributed by atoms with Gasteiger partial charge in [-0.3, -0.25) is 0 Å². The second kappa shape index (κ2) is 4.33. The molecule has 96 valence electrons. The molecule has 0 saturated heterocycles. The first-order valence-corrected chi connectivity index (χ1v) is 5.68. The zero-order valence-corrected chi connectivity index (χ0v) is 10.7. The summed E-state index contributed by atoms with van der Waals surface area (Å²) in [5.74, 6) is -0.994. The van der Waals surface area contributed by atoms with Crippen LogP contribution in [0.1, 0.15) is 18.9 Å². The van der Waals surface area contributed by atoms with Gasteiger partial charge >= 0.3 is 5.97 Å². The number of oxime groups is 1. The van der Waals surface area contributed by atoms with Gasteiger partial charge in [-0.15, -0.1) is 0 Å². The fourth-order valence-electron chi connectivity index (χ4n) is 1.76. The summed E-state index contributed by atoms with van der Waals surface area (Å²) in [6.45, 7) is 1.53. The summed E-state index contributed by atoms with van der Waals surface area (Å²) in [6, 6.07) is 7.78. The standard InChI is InChI=1S/C13H16N2O3/c1-13(12(16)17)8-11(14-18-13)9-4-6-10(7-5-9)15(2)3/h4-7H,8H2,1-3H3,(H,16,17). The van der Waals surface area contributed by atoms with Gasteiger partial charge in [-0.1, -0.05) is 17.3 Å². The minimum Gasteiger partial charge on any atom is -0.478 e. The molecule has 1 aromatic rings. The molecule has 0 aromatic heterocycles. The highest BCUT2D eigenvalue weighted by molar-refractivity contribution is 6.04. The van der Waals surface area contributed by atoms with Crippen LogP contribution in [0.2, 0.25) is 0 Å². The van der Waals surface area contributed by atoms with E-state index in [0.29, 0.717) is 5.71 Å². The van der Waals surface area contributed by atoms with Crippen LogP contribution in [-0.4, -0.2) is 36.5 Å². The van der Waals surface area contributed by atoms with Crippen LogP contribution >= 0.6 is 0 Å². The van der Waals surface area contributed by atoms with Crippen molar-refractivity contribution in [2.45, 2.75) is 18.9 Å². The van der Waals surface area contributed by atoms with Crippen LogP contribution in [0.5, 0.6) is 0 Å². The molecule has 1 unspecified atom stereocenters. The van der Waals surface area contributed by atoms with Crippen molar-refractivity contribution < 1.29 is 14.7 Å². The first-order chi connectivity index (χ1) is 8.42. The zero-order chi connectivity index (χ0) is 13.3. The molecule has 1 N–H and O–H groups in total. The van der Waals surface area contributed by atoms with Crippen LogP contribution in [0.4, 0.5) is 5.69 Å². The van der Waals surface area contributed by atoms with Gasteiger partial charge in [-0.2, -0.15) is 0 Å². The maximum atomic E-state index is 11.0. The number of carboxylic acid groups (broad SMARTS) is 1. The molecule has 1 aliphatic rings.